The molecule has 22 heavy (non-hydrogen) atoms. The molecular weight excluding hydrogens is 286 g/mol. The minimum Gasteiger partial charge on any atom is -0.476 e. The summed E-state index contributed by atoms with van der Waals surface area (Å²) in [7, 11) is 0. The van der Waals surface area contributed by atoms with E-state index in [9.17, 15) is 9.59 Å². The van der Waals surface area contributed by atoms with Gasteiger partial charge in [0.05, 0.1) is 23.0 Å². The minimum atomic E-state index is -1.13. The Balaban J connectivity index is 2.42. The molecule has 116 valence electrons. The molecule has 1 heterocycles. The van der Waals surface area contributed by atoms with Crippen LogP contribution < -0.4 is 0 Å². The van der Waals surface area contributed by atoms with Crippen molar-refractivity contribution in [3.8, 4) is 5.69 Å². The number of carbonyl (C=O) groups excluding carboxylic acids is 1. The summed E-state index contributed by atoms with van der Waals surface area (Å²) in [5.41, 5.74) is 1.33. The summed E-state index contributed by atoms with van der Waals surface area (Å²) in [6, 6.07) is 6.65. The molecule has 1 N–H and O–H groups in total. The summed E-state index contributed by atoms with van der Waals surface area (Å²) in [6.45, 7) is 5.36. The number of nitrogens with zero attached hydrogens (tertiary/aromatic N) is 3. The molecule has 0 saturated heterocycles. The highest BCUT2D eigenvalue weighted by atomic mass is 16.5. The topological polar surface area (TPSA) is 94.3 Å². The Morgan fingerprint density at radius 1 is 1.36 bits per heavy atom. The number of benzene rings is 1. The first-order chi connectivity index (χ1) is 10.4. The van der Waals surface area contributed by atoms with E-state index < -0.39 is 11.9 Å². The van der Waals surface area contributed by atoms with Gasteiger partial charge in [-0.25, -0.2) is 14.3 Å². The fourth-order valence-corrected chi connectivity index (χ4v) is 2.04. The minimum absolute atomic E-state index is 0.0855. The van der Waals surface area contributed by atoms with Gasteiger partial charge in [-0.05, 0) is 38.5 Å². The lowest BCUT2D eigenvalue weighted by Gasteiger charge is -2.10. The number of hydrogen-bond acceptors (Lipinski definition) is 5. The zero-order chi connectivity index (χ0) is 16.3. The molecule has 0 saturated carbocycles. The van der Waals surface area contributed by atoms with Crippen LogP contribution in [0, 0.1) is 0 Å². The van der Waals surface area contributed by atoms with Crippen LogP contribution in [0.5, 0.6) is 0 Å². The Bertz CT molecular complexity index is 707. The Morgan fingerprint density at radius 3 is 2.68 bits per heavy atom. The van der Waals surface area contributed by atoms with E-state index in [2.05, 4.69) is 10.3 Å². The van der Waals surface area contributed by atoms with Crippen LogP contribution in [-0.4, -0.2) is 38.1 Å². The number of aromatic nitrogens is 3. The molecule has 0 bridgehead atoms. The van der Waals surface area contributed by atoms with Gasteiger partial charge in [-0.1, -0.05) is 18.2 Å². The zero-order valence-electron chi connectivity index (χ0n) is 12.6. The maximum atomic E-state index is 11.9. The molecule has 0 aliphatic heterocycles. The third-order valence-corrected chi connectivity index (χ3v) is 2.97. The first-order valence-electron chi connectivity index (χ1n) is 6.93. The SMILES string of the molecule is CCc1c(C(=O)O)nnn1-c1cccc(C(=O)OC(C)C)c1. The third-order valence-electron chi connectivity index (χ3n) is 2.97. The number of ether oxygens (including phenoxy) is 1. The summed E-state index contributed by atoms with van der Waals surface area (Å²) in [6.07, 6.45) is 0.238. The van der Waals surface area contributed by atoms with Gasteiger partial charge in [-0.15, -0.1) is 5.10 Å². The molecule has 0 amide bonds. The Labute approximate surface area is 127 Å². The van der Waals surface area contributed by atoms with Crippen molar-refractivity contribution in [1.82, 2.24) is 15.0 Å². The Hall–Kier alpha value is -2.70. The van der Waals surface area contributed by atoms with Gasteiger partial charge in [0.1, 0.15) is 0 Å². The number of carbonyl (C=O) groups is 2. The van der Waals surface area contributed by atoms with Gasteiger partial charge in [-0.3, -0.25) is 0 Å². The maximum absolute atomic E-state index is 11.9. The van der Waals surface area contributed by atoms with Crippen LogP contribution >= 0.6 is 0 Å². The number of esters is 1. The van der Waals surface area contributed by atoms with Gasteiger partial charge in [0.2, 0.25) is 0 Å². The summed E-state index contributed by atoms with van der Waals surface area (Å²) < 4.78 is 6.57. The van der Waals surface area contributed by atoms with Crippen LogP contribution in [-0.2, 0) is 11.2 Å². The molecule has 2 rings (SSSR count). The highest BCUT2D eigenvalue weighted by Gasteiger charge is 2.19. The average Bonchev–Trinajstić information content (AvgIpc) is 2.90. The molecule has 7 nitrogen and oxygen atoms in total. The number of rotatable bonds is 5. The molecular formula is C15H17N3O4. The van der Waals surface area contributed by atoms with Crippen molar-refractivity contribution in [3.63, 3.8) is 0 Å². The molecule has 0 atom stereocenters. The van der Waals surface area contributed by atoms with E-state index in [0.29, 0.717) is 23.4 Å². The van der Waals surface area contributed by atoms with Crippen molar-refractivity contribution in [2.45, 2.75) is 33.3 Å². The van der Waals surface area contributed by atoms with Gasteiger partial charge in [0, 0.05) is 0 Å². The van der Waals surface area contributed by atoms with Crippen LogP contribution in [0.4, 0.5) is 0 Å². The molecule has 7 heteroatoms. The van der Waals surface area contributed by atoms with Crippen LogP contribution in [0.25, 0.3) is 5.69 Å². The standard InChI is InChI=1S/C15H17N3O4/c1-4-12-13(14(19)20)16-17-18(12)11-7-5-6-10(8-11)15(21)22-9(2)3/h5-9H,4H2,1-3H3,(H,19,20). The lowest BCUT2D eigenvalue weighted by molar-refractivity contribution is 0.0377. The second kappa shape index (κ2) is 6.38. The largest absolute Gasteiger partial charge is 0.476 e. The van der Waals surface area contributed by atoms with E-state index in [1.54, 1.807) is 38.1 Å². The predicted octanol–water partition coefficient (Wildman–Crippen LogP) is 2.09. The van der Waals surface area contributed by atoms with Crippen molar-refractivity contribution in [1.29, 1.82) is 0 Å². The number of carboxylic acids is 1. The van der Waals surface area contributed by atoms with Gasteiger partial charge in [0.25, 0.3) is 0 Å². The van der Waals surface area contributed by atoms with E-state index in [1.807, 2.05) is 6.92 Å². The quantitative estimate of drug-likeness (QED) is 0.850. The van der Waals surface area contributed by atoms with Gasteiger partial charge < -0.3 is 9.84 Å². The molecule has 0 radical (unpaired) electrons. The van der Waals surface area contributed by atoms with Crippen molar-refractivity contribution in [2.24, 2.45) is 0 Å². The lowest BCUT2D eigenvalue weighted by Crippen LogP contribution is -2.12. The summed E-state index contributed by atoms with van der Waals surface area (Å²) >= 11 is 0. The molecule has 0 aliphatic carbocycles. The predicted molar refractivity (Wildman–Crippen MR) is 78.2 cm³/mol. The fraction of sp³-hybridized carbons (Fsp3) is 0.333. The van der Waals surface area contributed by atoms with Crippen LogP contribution in [0.15, 0.2) is 24.3 Å². The Kier molecular flexibility index (Phi) is 4.55. The summed E-state index contributed by atoms with van der Waals surface area (Å²) in [5, 5.41) is 16.7. The van der Waals surface area contributed by atoms with Gasteiger partial charge in [-0.2, -0.15) is 0 Å². The molecule has 0 fully saturated rings. The summed E-state index contributed by atoms with van der Waals surface area (Å²) in [5.74, 6) is -1.56. The maximum Gasteiger partial charge on any atom is 0.358 e. The molecule has 0 spiro atoms. The first kappa shape index (κ1) is 15.7. The fourth-order valence-electron chi connectivity index (χ4n) is 2.04. The normalized spacial score (nSPS) is 10.7. The molecule has 0 aliphatic rings. The van der Waals surface area contributed by atoms with Crippen molar-refractivity contribution >= 4 is 11.9 Å². The zero-order valence-corrected chi connectivity index (χ0v) is 12.6. The van der Waals surface area contributed by atoms with E-state index >= 15 is 0 Å². The second-order valence-electron chi connectivity index (χ2n) is 4.96. The molecule has 1 aromatic heterocycles. The second-order valence-corrected chi connectivity index (χ2v) is 4.96. The highest BCUT2D eigenvalue weighted by Crippen LogP contribution is 2.16. The number of hydrogen-bond donors (Lipinski definition) is 1. The van der Waals surface area contributed by atoms with E-state index in [0.717, 1.165) is 0 Å². The van der Waals surface area contributed by atoms with E-state index in [4.69, 9.17) is 9.84 Å². The molecule has 0 unspecified atom stereocenters. The smallest absolute Gasteiger partial charge is 0.358 e. The average molecular weight is 303 g/mol. The Morgan fingerprint density at radius 2 is 2.09 bits per heavy atom. The van der Waals surface area contributed by atoms with Crippen molar-refractivity contribution < 1.29 is 19.4 Å². The number of aromatic carboxylic acids is 1. The van der Waals surface area contributed by atoms with Crippen molar-refractivity contribution in [2.75, 3.05) is 0 Å². The van der Waals surface area contributed by atoms with Gasteiger partial charge >= 0.3 is 11.9 Å². The van der Waals surface area contributed by atoms with Crippen LogP contribution in [0.2, 0.25) is 0 Å². The van der Waals surface area contributed by atoms with Crippen LogP contribution in [0.3, 0.4) is 0 Å². The molecule has 2 aromatic rings. The van der Waals surface area contributed by atoms with Crippen molar-refractivity contribution in [3.05, 3.63) is 41.2 Å². The summed E-state index contributed by atoms with van der Waals surface area (Å²) in [4.78, 5) is 23.1. The number of carboxylic acid groups (broad SMARTS) is 1. The van der Waals surface area contributed by atoms with E-state index in [1.165, 1.54) is 4.68 Å². The monoisotopic (exact) mass is 303 g/mol. The third kappa shape index (κ3) is 3.13. The first-order valence-corrected chi connectivity index (χ1v) is 6.93. The highest BCUT2D eigenvalue weighted by molar-refractivity contribution is 5.90. The lowest BCUT2D eigenvalue weighted by atomic mass is 10.2. The molecule has 1 aromatic carbocycles. The van der Waals surface area contributed by atoms with E-state index in [-0.39, 0.29) is 11.8 Å². The van der Waals surface area contributed by atoms with Gasteiger partial charge in [0.15, 0.2) is 5.69 Å². The van der Waals surface area contributed by atoms with Crippen LogP contribution in [0.1, 0.15) is 47.3 Å².